The predicted molar refractivity (Wildman–Crippen MR) is 107 cm³/mol. The molecule has 0 aliphatic heterocycles. The van der Waals surface area contributed by atoms with Gasteiger partial charge in [0, 0.05) is 23.0 Å². The van der Waals surface area contributed by atoms with Crippen molar-refractivity contribution in [1.29, 1.82) is 5.26 Å². The third kappa shape index (κ3) is 4.00. The van der Waals surface area contributed by atoms with Gasteiger partial charge in [0.1, 0.15) is 0 Å². The van der Waals surface area contributed by atoms with Crippen molar-refractivity contribution < 1.29 is 14.3 Å². The van der Waals surface area contributed by atoms with Crippen LogP contribution in [-0.4, -0.2) is 35.5 Å². The van der Waals surface area contributed by atoms with Crippen molar-refractivity contribution in [2.24, 2.45) is 17.8 Å². The number of rotatable bonds is 7. The van der Waals surface area contributed by atoms with E-state index < -0.39 is 5.97 Å². The Kier molecular flexibility index (Phi) is 5.54. The number of hydrogen-bond acceptors (Lipinski definition) is 5. The van der Waals surface area contributed by atoms with E-state index in [2.05, 4.69) is 6.07 Å². The van der Waals surface area contributed by atoms with E-state index in [9.17, 15) is 9.59 Å². The third-order valence-corrected chi connectivity index (χ3v) is 7.43. The van der Waals surface area contributed by atoms with Crippen molar-refractivity contribution in [1.82, 2.24) is 4.90 Å². The van der Waals surface area contributed by atoms with Gasteiger partial charge in [-0.2, -0.15) is 5.26 Å². The fourth-order valence-corrected chi connectivity index (χ4v) is 6.60. The number of ether oxygens (including phenoxy) is 1. The molecule has 5 nitrogen and oxygen atoms in total. The number of amides is 1. The van der Waals surface area contributed by atoms with E-state index in [1.54, 1.807) is 6.08 Å². The van der Waals surface area contributed by atoms with Gasteiger partial charge in [0.15, 0.2) is 6.61 Å². The second-order valence-corrected chi connectivity index (χ2v) is 9.53. The molecule has 4 aliphatic carbocycles. The molecule has 0 atom stereocenters. The van der Waals surface area contributed by atoms with Gasteiger partial charge >= 0.3 is 5.97 Å². The molecule has 28 heavy (non-hydrogen) atoms. The van der Waals surface area contributed by atoms with E-state index in [0.717, 1.165) is 24.1 Å². The molecule has 4 aliphatic rings. The Morgan fingerprint density at radius 3 is 2.50 bits per heavy atom. The Balaban J connectivity index is 1.40. The third-order valence-electron chi connectivity index (χ3n) is 6.59. The van der Waals surface area contributed by atoms with E-state index in [0.29, 0.717) is 30.7 Å². The van der Waals surface area contributed by atoms with Gasteiger partial charge in [-0.1, -0.05) is 6.07 Å². The van der Waals surface area contributed by atoms with E-state index in [1.807, 2.05) is 22.4 Å². The zero-order chi connectivity index (χ0) is 19.6. The molecule has 0 aromatic carbocycles. The molecule has 0 spiro atoms. The Morgan fingerprint density at radius 1 is 1.25 bits per heavy atom. The average Bonchev–Trinajstić information content (AvgIpc) is 3.17. The first-order chi connectivity index (χ1) is 13.6. The average molecular weight is 399 g/mol. The number of esters is 1. The molecule has 0 N–H and O–H groups in total. The van der Waals surface area contributed by atoms with Crippen molar-refractivity contribution in [3.8, 4) is 6.07 Å². The lowest BCUT2D eigenvalue weighted by molar-refractivity contribution is -0.160. The molecular weight excluding hydrogens is 372 g/mol. The van der Waals surface area contributed by atoms with Crippen molar-refractivity contribution in [2.45, 2.75) is 50.5 Å². The quantitative estimate of drug-likeness (QED) is 0.514. The van der Waals surface area contributed by atoms with Crippen molar-refractivity contribution in [3.05, 3.63) is 28.5 Å². The Hall–Kier alpha value is -2.13. The summed E-state index contributed by atoms with van der Waals surface area (Å²) in [5.74, 6) is 1.46. The lowest BCUT2D eigenvalue weighted by Crippen LogP contribution is -2.62. The summed E-state index contributed by atoms with van der Waals surface area (Å²) in [6.45, 7) is 0.185. The van der Waals surface area contributed by atoms with Crippen LogP contribution in [0.3, 0.4) is 0 Å². The fourth-order valence-electron chi connectivity index (χ4n) is 5.98. The minimum atomic E-state index is -0.507. The summed E-state index contributed by atoms with van der Waals surface area (Å²) in [6, 6.07) is 6.00. The van der Waals surface area contributed by atoms with Crippen LogP contribution >= 0.6 is 11.3 Å². The molecule has 5 rings (SSSR count). The lowest BCUT2D eigenvalue weighted by Gasteiger charge is -2.60. The van der Waals surface area contributed by atoms with Crippen LogP contribution in [0.15, 0.2) is 23.6 Å². The van der Waals surface area contributed by atoms with E-state index in [4.69, 9.17) is 10.00 Å². The summed E-state index contributed by atoms with van der Waals surface area (Å²) in [6.07, 6.45) is 10.4. The van der Waals surface area contributed by atoms with Gasteiger partial charge in [-0.25, -0.2) is 4.79 Å². The summed E-state index contributed by atoms with van der Waals surface area (Å²) in [5, 5.41) is 11.0. The Labute approximate surface area is 170 Å². The van der Waals surface area contributed by atoms with Gasteiger partial charge in [0.05, 0.1) is 12.5 Å². The van der Waals surface area contributed by atoms with Crippen LogP contribution in [0.4, 0.5) is 0 Å². The minimum absolute atomic E-state index is 0.123. The van der Waals surface area contributed by atoms with Gasteiger partial charge in [-0.05, 0) is 73.8 Å². The van der Waals surface area contributed by atoms with Crippen LogP contribution in [0.1, 0.15) is 49.8 Å². The van der Waals surface area contributed by atoms with Crippen LogP contribution in [0.2, 0.25) is 0 Å². The van der Waals surface area contributed by atoms with E-state index in [1.165, 1.54) is 36.7 Å². The van der Waals surface area contributed by atoms with Crippen molar-refractivity contribution in [3.63, 3.8) is 0 Å². The summed E-state index contributed by atoms with van der Waals surface area (Å²) in [4.78, 5) is 27.9. The number of nitriles is 1. The maximum absolute atomic E-state index is 13.0. The standard InChI is InChI=1S/C22H26N2O3S/c23-6-2-7-24(22-12-16-9-17(13-22)11-18(10-16)14-22)20(25)15-27-21(26)5-4-19-3-1-8-28-19/h1,3-5,8,16-18H,2,7,9-15H2/b5-4+. The lowest BCUT2D eigenvalue weighted by atomic mass is 9.52. The summed E-state index contributed by atoms with van der Waals surface area (Å²) < 4.78 is 5.23. The maximum atomic E-state index is 13.0. The van der Waals surface area contributed by atoms with Crippen LogP contribution in [0, 0.1) is 29.1 Å². The molecule has 4 fully saturated rings. The molecule has 4 saturated carbocycles. The number of carbonyl (C=O) groups excluding carboxylic acids is 2. The van der Waals surface area contributed by atoms with Gasteiger partial charge < -0.3 is 9.64 Å². The highest BCUT2D eigenvalue weighted by atomic mass is 32.1. The molecule has 0 unspecified atom stereocenters. The summed E-state index contributed by atoms with van der Waals surface area (Å²) >= 11 is 1.54. The van der Waals surface area contributed by atoms with Gasteiger partial charge in [0.25, 0.3) is 5.91 Å². The first kappa shape index (κ1) is 19.2. The van der Waals surface area contributed by atoms with Gasteiger partial charge in [0.2, 0.25) is 0 Å². The van der Waals surface area contributed by atoms with Gasteiger partial charge in [-0.3, -0.25) is 4.79 Å². The van der Waals surface area contributed by atoms with Crippen molar-refractivity contribution in [2.75, 3.05) is 13.2 Å². The van der Waals surface area contributed by atoms with E-state index >= 15 is 0 Å². The van der Waals surface area contributed by atoms with Gasteiger partial charge in [-0.15, -0.1) is 11.3 Å². The molecule has 1 aromatic heterocycles. The van der Waals surface area contributed by atoms with Crippen LogP contribution < -0.4 is 0 Å². The Bertz CT molecular complexity index is 758. The highest BCUT2D eigenvalue weighted by molar-refractivity contribution is 7.10. The topological polar surface area (TPSA) is 70.4 Å². The monoisotopic (exact) mass is 398 g/mol. The number of nitrogens with zero attached hydrogens (tertiary/aromatic N) is 2. The van der Waals surface area contributed by atoms with Crippen molar-refractivity contribution >= 4 is 29.3 Å². The van der Waals surface area contributed by atoms with E-state index in [-0.39, 0.29) is 18.1 Å². The highest BCUT2D eigenvalue weighted by Gasteiger charge is 2.54. The first-order valence-electron chi connectivity index (χ1n) is 10.1. The molecule has 1 heterocycles. The fraction of sp³-hybridized carbons (Fsp3) is 0.591. The van der Waals surface area contributed by atoms with Crippen LogP contribution in [0.25, 0.3) is 6.08 Å². The normalized spacial score (nSPS) is 30.3. The molecule has 4 bridgehead atoms. The molecule has 148 valence electrons. The highest BCUT2D eigenvalue weighted by Crippen LogP contribution is 2.57. The number of thiophene rings is 1. The van der Waals surface area contributed by atoms with Crippen LogP contribution in [0.5, 0.6) is 0 Å². The van der Waals surface area contributed by atoms with Crippen LogP contribution in [-0.2, 0) is 14.3 Å². The second-order valence-electron chi connectivity index (χ2n) is 8.55. The maximum Gasteiger partial charge on any atom is 0.331 e. The first-order valence-corrected chi connectivity index (χ1v) is 11.0. The number of hydrogen-bond donors (Lipinski definition) is 0. The smallest absolute Gasteiger partial charge is 0.331 e. The predicted octanol–water partition coefficient (Wildman–Crippen LogP) is 4.02. The molecular formula is C22H26N2O3S. The molecule has 6 heteroatoms. The number of carbonyl (C=O) groups is 2. The SMILES string of the molecule is N#CCCN(C(=O)COC(=O)/C=C/c1cccs1)C12CC3CC(CC(C3)C1)C2. The molecule has 0 radical (unpaired) electrons. The summed E-state index contributed by atoms with van der Waals surface area (Å²) in [5.41, 5.74) is -0.123. The summed E-state index contributed by atoms with van der Waals surface area (Å²) in [7, 11) is 0. The Morgan fingerprint density at radius 2 is 1.93 bits per heavy atom. The largest absolute Gasteiger partial charge is 0.452 e. The zero-order valence-corrected chi connectivity index (χ0v) is 16.8. The minimum Gasteiger partial charge on any atom is -0.452 e. The second kappa shape index (κ2) is 8.08. The molecule has 1 aromatic rings. The molecule has 1 amide bonds. The molecule has 0 saturated heterocycles. The zero-order valence-electron chi connectivity index (χ0n) is 16.0.